The Morgan fingerprint density at radius 2 is 1.86 bits per heavy atom. The number of nitrogens with one attached hydrogen (secondary N) is 1. The summed E-state index contributed by atoms with van der Waals surface area (Å²) in [6, 6.07) is 15.5. The second kappa shape index (κ2) is 11.8. The molecule has 0 spiro atoms. The van der Waals surface area contributed by atoms with Crippen molar-refractivity contribution in [2.45, 2.75) is 46.2 Å². The molecule has 2 aromatic carbocycles. The van der Waals surface area contributed by atoms with Gasteiger partial charge in [0.1, 0.15) is 6.61 Å². The van der Waals surface area contributed by atoms with Gasteiger partial charge in [-0.25, -0.2) is 9.79 Å². The number of aryl methyl sites for hydroxylation is 2. The molecule has 1 amide bonds. The van der Waals surface area contributed by atoms with E-state index in [0.29, 0.717) is 17.9 Å². The van der Waals surface area contributed by atoms with E-state index in [1.807, 2.05) is 80.5 Å². The maximum absolute atomic E-state index is 13.3. The number of carbonyl (C=O) groups is 2. The highest BCUT2D eigenvalue weighted by atomic mass is 32.2. The van der Waals surface area contributed by atoms with Crippen molar-refractivity contribution in [3.8, 4) is 0 Å². The van der Waals surface area contributed by atoms with Crippen LogP contribution in [0.2, 0.25) is 0 Å². The Morgan fingerprint density at radius 3 is 2.57 bits per heavy atom. The van der Waals surface area contributed by atoms with Gasteiger partial charge in [0.15, 0.2) is 5.17 Å². The minimum atomic E-state index is -0.455. The van der Waals surface area contributed by atoms with Crippen molar-refractivity contribution >= 4 is 28.8 Å². The molecule has 4 rings (SSSR count). The molecule has 2 aliphatic rings. The Hall–Kier alpha value is -3.36. The number of fused-ring (bicyclic) bond motifs is 1. The average molecular weight is 520 g/mol. The number of aliphatic imine (C=N–C) groups is 1. The van der Waals surface area contributed by atoms with Gasteiger partial charge in [0, 0.05) is 12.8 Å². The van der Waals surface area contributed by atoms with E-state index < -0.39 is 12.0 Å². The average Bonchev–Trinajstić information content (AvgIpc) is 3.25. The number of nitrogens with zero attached hydrogens (tertiary/aromatic N) is 2. The van der Waals surface area contributed by atoms with Gasteiger partial charge in [-0.2, -0.15) is 0 Å². The van der Waals surface area contributed by atoms with Gasteiger partial charge in [-0.3, -0.25) is 4.79 Å². The first kappa shape index (κ1) is 26.7. The van der Waals surface area contributed by atoms with Crippen LogP contribution in [0.4, 0.5) is 0 Å². The fourth-order valence-corrected chi connectivity index (χ4v) is 5.60. The molecule has 0 fully saturated rings. The highest BCUT2D eigenvalue weighted by molar-refractivity contribution is 8.16. The molecule has 37 heavy (non-hydrogen) atoms. The summed E-state index contributed by atoms with van der Waals surface area (Å²) in [6.45, 7) is 8.35. The van der Waals surface area contributed by atoms with Gasteiger partial charge in [-0.05, 0) is 49.8 Å². The standard InChI is InChI=1S/C29H33N3O4S/c1-18-11-12-24(19(2)15-18)27-26(28(34)36-14-13-35-5)21(4)31-29-32(27)23(17-37-29)16-25(33)30-20(3)22-9-7-6-8-10-22/h6-12,15,17,20,27H,13-14,16H2,1-5H3,(H,30,33). The minimum absolute atomic E-state index is 0.0978. The third-order valence-corrected chi connectivity index (χ3v) is 7.37. The first-order chi connectivity index (χ1) is 17.8. The van der Waals surface area contributed by atoms with Crippen LogP contribution in [0.3, 0.4) is 0 Å². The molecule has 0 aromatic heterocycles. The first-order valence-electron chi connectivity index (χ1n) is 12.3. The number of esters is 1. The van der Waals surface area contributed by atoms with Crippen LogP contribution in [0.1, 0.15) is 54.6 Å². The quantitative estimate of drug-likeness (QED) is 0.356. The lowest BCUT2D eigenvalue weighted by Gasteiger charge is -2.37. The number of benzene rings is 2. The Labute approximate surface area is 222 Å². The second-order valence-electron chi connectivity index (χ2n) is 9.26. The highest BCUT2D eigenvalue weighted by Crippen LogP contribution is 2.45. The van der Waals surface area contributed by atoms with E-state index >= 15 is 0 Å². The van der Waals surface area contributed by atoms with Crippen molar-refractivity contribution < 1.29 is 19.1 Å². The van der Waals surface area contributed by atoms with E-state index in [2.05, 4.69) is 11.4 Å². The van der Waals surface area contributed by atoms with Crippen LogP contribution in [0.5, 0.6) is 0 Å². The van der Waals surface area contributed by atoms with Gasteiger partial charge >= 0.3 is 5.97 Å². The van der Waals surface area contributed by atoms with E-state index in [4.69, 9.17) is 14.5 Å². The topological polar surface area (TPSA) is 80.2 Å². The molecule has 194 valence electrons. The van der Waals surface area contributed by atoms with E-state index in [-0.39, 0.29) is 25.0 Å². The number of carbonyl (C=O) groups excluding carboxylic acids is 2. The van der Waals surface area contributed by atoms with Crippen molar-refractivity contribution in [2.75, 3.05) is 20.3 Å². The van der Waals surface area contributed by atoms with Gasteiger partial charge in [-0.1, -0.05) is 65.9 Å². The molecule has 1 N–H and O–H groups in total. The summed E-state index contributed by atoms with van der Waals surface area (Å²) < 4.78 is 10.6. The zero-order valence-corrected chi connectivity index (χ0v) is 22.7. The normalized spacial score (nSPS) is 17.6. The van der Waals surface area contributed by atoms with E-state index in [1.165, 1.54) is 11.8 Å². The van der Waals surface area contributed by atoms with Gasteiger partial charge in [0.25, 0.3) is 0 Å². The Balaban J connectivity index is 1.64. The number of rotatable bonds is 9. The lowest BCUT2D eigenvalue weighted by Crippen LogP contribution is -2.38. The molecule has 2 atom stereocenters. The summed E-state index contributed by atoms with van der Waals surface area (Å²) in [4.78, 5) is 33.2. The number of hydrogen-bond acceptors (Lipinski definition) is 7. The number of methoxy groups -OCH3 is 1. The largest absolute Gasteiger partial charge is 0.460 e. The zero-order valence-electron chi connectivity index (χ0n) is 21.9. The molecule has 0 bridgehead atoms. The zero-order chi connectivity index (χ0) is 26.5. The maximum Gasteiger partial charge on any atom is 0.338 e. The van der Waals surface area contributed by atoms with Gasteiger partial charge in [0.2, 0.25) is 5.91 Å². The smallest absolute Gasteiger partial charge is 0.338 e. The summed E-state index contributed by atoms with van der Waals surface area (Å²) in [6.07, 6.45) is 0.162. The van der Waals surface area contributed by atoms with Crippen molar-refractivity contribution in [2.24, 2.45) is 4.99 Å². The molecule has 0 radical (unpaired) electrons. The first-order valence-corrected chi connectivity index (χ1v) is 13.2. The molecule has 2 aromatic rings. The molecule has 7 nitrogen and oxygen atoms in total. The highest BCUT2D eigenvalue weighted by Gasteiger charge is 2.41. The van der Waals surface area contributed by atoms with Crippen LogP contribution in [0.15, 0.2) is 75.9 Å². The molecule has 2 heterocycles. The SMILES string of the molecule is COCCOC(=O)C1=C(C)N=C2SC=C(CC(=O)NC(C)c3ccccc3)N2C1c1ccc(C)cc1C. The van der Waals surface area contributed by atoms with Gasteiger partial charge in [-0.15, -0.1) is 0 Å². The monoisotopic (exact) mass is 519 g/mol. The second-order valence-corrected chi connectivity index (χ2v) is 10.1. The fourth-order valence-electron chi connectivity index (χ4n) is 4.63. The van der Waals surface area contributed by atoms with Crippen molar-refractivity contribution in [1.29, 1.82) is 0 Å². The predicted octanol–water partition coefficient (Wildman–Crippen LogP) is 5.34. The van der Waals surface area contributed by atoms with E-state index in [0.717, 1.165) is 33.1 Å². The molecule has 8 heteroatoms. The molecule has 0 saturated heterocycles. The van der Waals surface area contributed by atoms with Crippen molar-refractivity contribution in [3.63, 3.8) is 0 Å². The van der Waals surface area contributed by atoms with Crippen LogP contribution < -0.4 is 5.32 Å². The summed E-state index contributed by atoms with van der Waals surface area (Å²) >= 11 is 1.47. The Morgan fingerprint density at radius 1 is 1.11 bits per heavy atom. The molecule has 2 aliphatic heterocycles. The van der Waals surface area contributed by atoms with Gasteiger partial charge < -0.3 is 19.7 Å². The summed E-state index contributed by atoms with van der Waals surface area (Å²) in [7, 11) is 1.57. The molecule has 0 saturated carbocycles. The Kier molecular flexibility index (Phi) is 8.51. The fraction of sp³-hybridized carbons (Fsp3) is 0.345. The van der Waals surface area contributed by atoms with Crippen LogP contribution in [-0.4, -0.2) is 42.3 Å². The van der Waals surface area contributed by atoms with Gasteiger partial charge in [0.05, 0.1) is 36.4 Å². The van der Waals surface area contributed by atoms with Crippen molar-refractivity contribution in [1.82, 2.24) is 10.2 Å². The number of amides is 1. The number of hydrogen-bond donors (Lipinski definition) is 1. The van der Waals surface area contributed by atoms with Crippen LogP contribution in [0.25, 0.3) is 0 Å². The minimum Gasteiger partial charge on any atom is -0.460 e. The lowest BCUT2D eigenvalue weighted by molar-refractivity contribution is -0.141. The third kappa shape index (κ3) is 5.97. The van der Waals surface area contributed by atoms with Crippen LogP contribution >= 0.6 is 11.8 Å². The number of thioether (sulfide) groups is 1. The van der Waals surface area contributed by atoms with Crippen LogP contribution in [-0.2, 0) is 19.1 Å². The van der Waals surface area contributed by atoms with Crippen molar-refractivity contribution in [3.05, 3.63) is 93.2 Å². The molecular formula is C29H33N3O4S. The number of amidine groups is 1. The maximum atomic E-state index is 13.3. The molecular weight excluding hydrogens is 486 g/mol. The predicted molar refractivity (Wildman–Crippen MR) is 147 cm³/mol. The molecule has 2 unspecified atom stereocenters. The summed E-state index contributed by atoms with van der Waals surface area (Å²) in [5.74, 6) is -0.528. The summed E-state index contributed by atoms with van der Waals surface area (Å²) in [5, 5.41) is 5.79. The third-order valence-electron chi connectivity index (χ3n) is 6.48. The molecule has 0 aliphatic carbocycles. The van der Waals surface area contributed by atoms with E-state index in [9.17, 15) is 9.59 Å². The summed E-state index contributed by atoms with van der Waals surface area (Å²) in [5.41, 5.74) is 6.08. The van der Waals surface area contributed by atoms with E-state index in [1.54, 1.807) is 7.11 Å². The lowest BCUT2D eigenvalue weighted by atomic mass is 9.90. The number of allylic oxidation sites excluding steroid dienone is 1. The number of ether oxygens (including phenoxy) is 2. The van der Waals surface area contributed by atoms with Crippen LogP contribution in [0, 0.1) is 13.8 Å². The Bertz CT molecular complexity index is 1270.